The van der Waals surface area contributed by atoms with Crippen LogP contribution in [0.3, 0.4) is 0 Å². The van der Waals surface area contributed by atoms with Crippen molar-refractivity contribution in [2.24, 2.45) is 5.41 Å². The predicted octanol–water partition coefficient (Wildman–Crippen LogP) is 0.274. The average Bonchev–Trinajstić information content (AvgIpc) is 2.30. The summed E-state index contributed by atoms with van der Waals surface area (Å²) in [5, 5.41) is 5.45. The van der Waals surface area contributed by atoms with E-state index in [9.17, 15) is 14.4 Å². The molecule has 0 spiro atoms. The molecule has 1 heterocycles. The summed E-state index contributed by atoms with van der Waals surface area (Å²) < 4.78 is 0. The zero-order valence-electron chi connectivity index (χ0n) is 13.2. The van der Waals surface area contributed by atoms with E-state index in [2.05, 4.69) is 10.6 Å². The molecule has 6 heteroatoms. The lowest BCUT2D eigenvalue weighted by molar-refractivity contribution is -0.151. The fraction of sp³-hybridized carbons (Fsp3) is 0.786. The number of piperazine rings is 1. The number of rotatable bonds is 2. The molecule has 0 aromatic carbocycles. The minimum atomic E-state index is -0.893. The summed E-state index contributed by atoms with van der Waals surface area (Å²) in [6, 6.07) is -0.646. The van der Waals surface area contributed by atoms with E-state index in [1.165, 1.54) is 4.90 Å². The van der Waals surface area contributed by atoms with Crippen LogP contribution in [0, 0.1) is 5.41 Å². The van der Waals surface area contributed by atoms with Crippen molar-refractivity contribution in [3.8, 4) is 0 Å². The predicted molar refractivity (Wildman–Crippen MR) is 75.9 cm³/mol. The molecule has 2 N–H and O–H groups in total. The van der Waals surface area contributed by atoms with E-state index in [-0.39, 0.29) is 17.7 Å². The Labute approximate surface area is 120 Å². The highest BCUT2D eigenvalue weighted by molar-refractivity contribution is 5.95. The fourth-order valence-corrected chi connectivity index (χ4v) is 1.99. The summed E-state index contributed by atoms with van der Waals surface area (Å²) in [6.07, 6.45) is 0. The van der Waals surface area contributed by atoms with Gasteiger partial charge in [-0.05, 0) is 20.8 Å². The third kappa shape index (κ3) is 3.29. The zero-order chi connectivity index (χ0) is 15.7. The summed E-state index contributed by atoms with van der Waals surface area (Å²) in [6.45, 7) is 11.3. The van der Waals surface area contributed by atoms with E-state index in [0.29, 0.717) is 13.1 Å². The van der Waals surface area contributed by atoms with E-state index in [4.69, 9.17) is 0 Å². The molecular formula is C14H25N3O3. The standard InChI is InChI=1S/C14H25N3O3/c1-9(16-11(19)13(2,3)4)10(18)17-8-7-15-12(20)14(17,5)6/h9H,7-8H2,1-6H3,(H,15,20)(H,16,19). The van der Waals surface area contributed by atoms with Crippen LogP contribution < -0.4 is 10.6 Å². The number of carbonyl (C=O) groups is 3. The molecule has 6 nitrogen and oxygen atoms in total. The highest BCUT2D eigenvalue weighted by atomic mass is 16.2. The largest absolute Gasteiger partial charge is 0.352 e. The summed E-state index contributed by atoms with van der Waals surface area (Å²) in [5.41, 5.74) is -1.45. The first-order chi connectivity index (χ1) is 8.98. The lowest BCUT2D eigenvalue weighted by Gasteiger charge is -2.42. The normalized spacial score (nSPS) is 20.1. The summed E-state index contributed by atoms with van der Waals surface area (Å²) in [7, 11) is 0. The van der Waals surface area contributed by atoms with Crippen molar-refractivity contribution < 1.29 is 14.4 Å². The van der Waals surface area contributed by atoms with Crippen LogP contribution >= 0.6 is 0 Å². The van der Waals surface area contributed by atoms with Gasteiger partial charge in [-0.2, -0.15) is 0 Å². The summed E-state index contributed by atoms with van der Waals surface area (Å²) in [4.78, 5) is 37.7. The Hall–Kier alpha value is -1.59. The second-order valence-corrected chi connectivity index (χ2v) is 6.75. The smallest absolute Gasteiger partial charge is 0.245 e. The number of hydrogen-bond donors (Lipinski definition) is 2. The Morgan fingerprint density at radius 1 is 1.35 bits per heavy atom. The van der Waals surface area contributed by atoms with Crippen LogP contribution in [0.25, 0.3) is 0 Å². The molecule has 0 saturated carbocycles. The van der Waals surface area contributed by atoms with Gasteiger partial charge in [0.25, 0.3) is 0 Å². The minimum Gasteiger partial charge on any atom is -0.352 e. The quantitative estimate of drug-likeness (QED) is 0.764. The molecule has 1 aliphatic heterocycles. The van der Waals surface area contributed by atoms with Crippen LogP contribution in [0.15, 0.2) is 0 Å². The van der Waals surface area contributed by atoms with Crippen molar-refractivity contribution in [1.29, 1.82) is 0 Å². The van der Waals surface area contributed by atoms with Crippen molar-refractivity contribution in [2.75, 3.05) is 13.1 Å². The number of carbonyl (C=O) groups excluding carboxylic acids is 3. The van der Waals surface area contributed by atoms with Gasteiger partial charge < -0.3 is 15.5 Å². The topological polar surface area (TPSA) is 78.5 Å². The molecule has 1 aliphatic rings. The van der Waals surface area contributed by atoms with Gasteiger partial charge in [-0.25, -0.2) is 0 Å². The van der Waals surface area contributed by atoms with Crippen LogP contribution in [0.5, 0.6) is 0 Å². The third-order valence-corrected chi connectivity index (χ3v) is 3.52. The highest BCUT2D eigenvalue weighted by Gasteiger charge is 2.42. The van der Waals surface area contributed by atoms with Gasteiger partial charge in [-0.1, -0.05) is 20.8 Å². The average molecular weight is 283 g/mol. The molecule has 0 aliphatic carbocycles. The van der Waals surface area contributed by atoms with Crippen molar-refractivity contribution in [2.45, 2.75) is 53.1 Å². The van der Waals surface area contributed by atoms with Crippen LogP contribution in [0.2, 0.25) is 0 Å². The molecule has 0 bridgehead atoms. The maximum Gasteiger partial charge on any atom is 0.245 e. The first kappa shape index (κ1) is 16.5. The van der Waals surface area contributed by atoms with Gasteiger partial charge in [0.2, 0.25) is 17.7 Å². The number of amides is 3. The molecular weight excluding hydrogens is 258 g/mol. The van der Waals surface area contributed by atoms with Gasteiger partial charge in [0, 0.05) is 18.5 Å². The van der Waals surface area contributed by atoms with Gasteiger partial charge in [0.05, 0.1) is 0 Å². The first-order valence-electron chi connectivity index (χ1n) is 6.88. The van der Waals surface area contributed by atoms with Crippen molar-refractivity contribution in [3.05, 3.63) is 0 Å². The zero-order valence-corrected chi connectivity index (χ0v) is 13.2. The first-order valence-corrected chi connectivity index (χ1v) is 6.88. The maximum absolute atomic E-state index is 12.5. The Bertz CT molecular complexity index is 424. The molecule has 114 valence electrons. The van der Waals surface area contributed by atoms with Crippen molar-refractivity contribution in [1.82, 2.24) is 15.5 Å². The molecule has 0 aromatic rings. The lowest BCUT2D eigenvalue weighted by atomic mass is 9.94. The van der Waals surface area contributed by atoms with Crippen LogP contribution in [0.4, 0.5) is 0 Å². The van der Waals surface area contributed by atoms with E-state index in [1.54, 1.807) is 41.5 Å². The second-order valence-electron chi connectivity index (χ2n) is 6.75. The molecule has 0 aromatic heterocycles. The Balaban J connectivity index is 2.79. The number of nitrogens with one attached hydrogen (secondary N) is 2. The molecule has 3 amide bonds. The van der Waals surface area contributed by atoms with Gasteiger partial charge in [0.15, 0.2) is 0 Å². The molecule has 1 unspecified atom stereocenters. The SMILES string of the molecule is CC(NC(=O)C(C)(C)C)C(=O)N1CCNC(=O)C1(C)C. The maximum atomic E-state index is 12.5. The number of hydrogen-bond acceptors (Lipinski definition) is 3. The van der Waals surface area contributed by atoms with Gasteiger partial charge in [0.1, 0.15) is 11.6 Å². The molecule has 1 saturated heterocycles. The van der Waals surface area contributed by atoms with Crippen molar-refractivity contribution >= 4 is 17.7 Å². The second kappa shape index (κ2) is 5.42. The Kier molecular flexibility index (Phi) is 4.46. The van der Waals surface area contributed by atoms with E-state index >= 15 is 0 Å². The monoisotopic (exact) mass is 283 g/mol. The van der Waals surface area contributed by atoms with Crippen LogP contribution in [-0.4, -0.2) is 47.3 Å². The Morgan fingerprint density at radius 2 is 1.90 bits per heavy atom. The lowest BCUT2D eigenvalue weighted by Crippen LogP contribution is -2.66. The molecule has 0 radical (unpaired) electrons. The molecule has 20 heavy (non-hydrogen) atoms. The van der Waals surface area contributed by atoms with Gasteiger partial charge in [-0.15, -0.1) is 0 Å². The van der Waals surface area contributed by atoms with Crippen molar-refractivity contribution in [3.63, 3.8) is 0 Å². The van der Waals surface area contributed by atoms with Crippen LogP contribution in [-0.2, 0) is 14.4 Å². The summed E-state index contributed by atoms with van der Waals surface area (Å²) >= 11 is 0. The van der Waals surface area contributed by atoms with E-state index in [1.807, 2.05) is 0 Å². The van der Waals surface area contributed by atoms with E-state index in [0.717, 1.165) is 0 Å². The van der Waals surface area contributed by atoms with E-state index < -0.39 is 17.0 Å². The van der Waals surface area contributed by atoms with Crippen LogP contribution in [0.1, 0.15) is 41.5 Å². The van der Waals surface area contributed by atoms with Gasteiger partial charge in [-0.3, -0.25) is 14.4 Å². The van der Waals surface area contributed by atoms with Gasteiger partial charge >= 0.3 is 0 Å². The minimum absolute atomic E-state index is 0.175. The summed E-state index contributed by atoms with van der Waals surface area (Å²) in [5.74, 6) is -0.591. The molecule has 1 fully saturated rings. The fourth-order valence-electron chi connectivity index (χ4n) is 1.99. The molecule has 1 rings (SSSR count). The highest BCUT2D eigenvalue weighted by Crippen LogP contribution is 2.19. The molecule has 1 atom stereocenters. The number of nitrogens with zero attached hydrogens (tertiary/aromatic N) is 1. The third-order valence-electron chi connectivity index (χ3n) is 3.52. The Morgan fingerprint density at radius 3 is 2.40 bits per heavy atom.